The molecule has 1 aliphatic heterocycles. The molecule has 0 aliphatic carbocycles. The van der Waals surface area contributed by atoms with Crippen molar-refractivity contribution in [2.45, 2.75) is 25.9 Å². The minimum Gasteiger partial charge on any atom is -0.284 e. The van der Waals surface area contributed by atoms with Gasteiger partial charge in [0.25, 0.3) is 0 Å². The Morgan fingerprint density at radius 3 is 2.29 bits per heavy atom. The van der Waals surface area contributed by atoms with Crippen molar-refractivity contribution in [2.75, 3.05) is 13.1 Å². The summed E-state index contributed by atoms with van der Waals surface area (Å²) >= 11 is 5.91. The molecule has 5 heteroatoms. The van der Waals surface area contributed by atoms with E-state index in [1.807, 2.05) is 22.9 Å². The summed E-state index contributed by atoms with van der Waals surface area (Å²) in [6, 6.07) is 29.6. The van der Waals surface area contributed by atoms with Gasteiger partial charge in [0, 0.05) is 24.3 Å². The van der Waals surface area contributed by atoms with E-state index in [-0.39, 0.29) is 0 Å². The van der Waals surface area contributed by atoms with E-state index in [9.17, 15) is 0 Å². The van der Waals surface area contributed by atoms with E-state index in [2.05, 4.69) is 83.1 Å². The highest BCUT2D eigenvalue weighted by Crippen LogP contribution is 2.28. The summed E-state index contributed by atoms with van der Waals surface area (Å²) in [5.74, 6) is 1.46. The van der Waals surface area contributed by atoms with Crippen molar-refractivity contribution in [3.8, 4) is 17.1 Å². The van der Waals surface area contributed by atoms with Crippen molar-refractivity contribution in [1.29, 1.82) is 0 Å². The third kappa shape index (κ3) is 4.11. The average molecular weight is 427 g/mol. The van der Waals surface area contributed by atoms with Gasteiger partial charge in [-0.15, -0.1) is 5.10 Å². The summed E-state index contributed by atoms with van der Waals surface area (Å²) in [5, 5.41) is 4.98. The van der Waals surface area contributed by atoms with E-state index in [4.69, 9.17) is 17.3 Å². The lowest BCUT2D eigenvalue weighted by molar-refractivity contribution is 0.250. The highest BCUT2D eigenvalue weighted by atomic mass is 32.1. The molecule has 0 spiro atoms. The van der Waals surface area contributed by atoms with Crippen LogP contribution in [0.15, 0.2) is 84.9 Å². The molecule has 0 radical (unpaired) electrons. The molecule has 0 unspecified atom stereocenters. The van der Waals surface area contributed by atoms with Gasteiger partial charge in [0.15, 0.2) is 5.82 Å². The molecular formula is C26H26N4S. The molecule has 4 nitrogen and oxygen atoms in total. The van der Waals surface area contributed by atoms with Crippen LogP contribution >= 0.6 is 12.2 Å². The van der Waals surface area contributed by atoms with Crippen LogP contribution in [0.3, 0.4) is 0 Å². The fourth-order valence-corrected chi connectivity index (χ4v) is 4.64. The average Bonchev–Trinajstić information content (AvgIpc) is 3.41. The van der Waals surface area contributed by atoms with E-state index in [1.54, 1.807) is 0 Å². The van der Waals surface area contributed by atoms with Gasteiger partial charge in [-0.1, -0.05) is 78.4 Å². The predicted molar refractivity (Wildman–Crippen MR) is 128 cm³/mol. The van der Waals surface area contributed by atoms with Crippen LogP contribution < -0.4 is 0 Å². The minimum absolute atomic E-state index is 0.572. The highest BCUT2D eigenvalue weighted by Gasteiger charge is 2.25. The van der Waals surface area contributed by atoms with Gasteiger partial charge in [-0.25, -0.2) is 4.68 Å². The van der Waals surface area contributed by atoms with Gasteiger partial charge in [-0.2, -0.15) is 0 Å². The maximum Gasteiger partial charge on any atom is 0.204 e. The number of rotatable bonds is 5. The fraction of sp³-hybridized carbons (Fsp3) is 0.231. The van der Waals surface area contributed by atoms with E-state index in [0.29, 0.717) is 12.6 Å². The number of hydrogen-bond acceptors (Lipinski definition) is 3. The zero-order valence-electron chi connectivity index (χ0n) is 17.7. The normalized spacial score (nSPS) is 16.6. The molecule has 5 rings (SSSR count). The standard InChI is InChI=1S/C26H26N4S/c1-20-12-14-22(15-13-20)25-27-29(26(31)30(25)24-10-6-3-7-11-24)19-28-17-16-23(18-28)21-8-4-2-5-9-21/h2-15,23H,16-19H2,1H3/t23-/m0/s1. The summed E-state index contributed by atoms with van der Waals surface area (Å²) in [6.07, 6.45) is 1.17. The smallest absolute Gasteiger partial charge is 0.204 e. The maximum absolute atomic E-state index is 5.91. The molecule has 31 heavy (non-hydrogen) atoms. The molecule has 2 heterocycles. The molecule has 4 aromatic rings. The van der Waals surface area contributed by atoms with Crippen LogP contribution in [0.4, 0.5) is 0 Å². The fourth-order valence-electron chi connectivity index (χ4n) is 4.35. The first-order valence-electron chi connectivity index (χ1n) is 10.8. The van der Waals surface area contributed by atoms with Crippen molar-refractivity contribution in [2.24, 2.45) is 0 Å². The molecule has 0 bridgehead atoms. The third-order valence-electron chi connectivity index (χ3n) is 6.04. The number of nitrogens with zero attached hydrogens (tertiary/aromatic N) is 4. The van der Waals surface area contributed by atoms with Crippen LogP contribution in [0.2, 0.25) is 0 Å². The van der Waals surface area contributed by atoms with E-state index >= 15 is 0 Å². The monoisotopic (exact) mass is 426 g/mol. The van der Waals surface area contributed by atoms with Crippen LogP contribution in [-0.2, 0) is 6.67 Å². The Bertz CT molecular complexity index is 1210. The Morgan fingerprint density at radius 1 is 0.903 bits per heavy atom. The second kappa shape index (κ2) is 8.61. The van der Waals surface area contributed by atoms with E-state index in [0.717, 1.165) is 34.9 Å². The van der Waals surface area contributed by atoms with Gasteiger partial charge in [0.05, 0.1) is 6.67 Å². The molecule has 1 aromatic heterocycles. The Kier molecular flexibility index (Phi) is 5.53. The Balaban J connectivity index is 1.47. The van der Waals surface area contributed by atoms with Gasteiger partial charge >= 0.3 is 0 Å². The number of aryl methyl sites for hydroxylation is 1. The summed E-state index contributed by atoms with van der Waals surface area (Å²) in [7, 11) is 0. The lowest BCUT2D eigenvalue weighted by Gasteiger charge is -2.16. The molecule has 1 atom stereocenters. The van der Waals surface area contributed by atoms with Crippen LogP contribution in [0.5, 0.6) is 0 Å². The lowest BCUT2D eigenvalue weighted by Crippen LogP contribution is -2.24. The lowest BCUT2D eigenvalue weighted by atomic mass is 9.99. The number of para-hydroxylation sites is 1. The summed E-state index contributed by atoms with van der Waals surface area (Å²) in [5.41, 5.74) is 4.77. The molecule has 1 fully saturated rings. The quantitative estimate of drug-likeness (QED) is 0.376. The van der Waals surface area contributed by atoms with E-state index < -0.39 is 0 Å². The predicted octanol–water partition coefficient (Wildman–Crippen LogP) is 5.83. The first kappa shape index (κ1) is 19.9. The van der Waals surface area contributed by atoms with E-state index in [1.165, 1.54) is 17.5 Å². The van der Waals surface area contributed by atoms with Gasteiger partial charge in [0.1, 0.15) is 0 Å². The third-order valence-corrected chi connectivity index (χ3v) is 6.43. The molecule has 0 saturated carbocycles. The summed E-state index contributed by atoms with van der Waals surface area (Å²) < 4.78 is 4.79. The summed E-state index contributed by atoms with van der Waals surface area (Å²) in [4.78, 5) is 2.45. The largest absolute Gasteiger partial charge is 0.284 e. The van der Waals surface area contributed by atoms with Crippen LogP contribution in [0, 0.1) is 11.7 Å². The highest BCUT2D eigenvalue weighted by molar-refractivity contribution is 7.71. The van der Waals surface area contributed by atoms with Crippen LogP contribution in [0.1, 0.15) is 23.5 Å². The SMILES string of the molecule is Cc1ccc(-c2nn(CN3CC[C@H](c4ccccc4)C3)c(=S)n2-c2ccccc2)cc1. The number of benzene rings is 3. The molecule has 3 aromatic carbocycles. The molecule has 0 amide bonds. The van der Waals surface area contributed by atoms with Gasteiger partial charge in [-0.3, -0.25) is 9.47 Å². The Morgan fingerprint density at radius 2 is 1.58 bits per heavy atom. The number of aromatic nitrogens is 3. The zero-order valence-corrected chi connectivity index (χ0v) is 18.5. The minimum atomic E-state index is 0.572. The van der Waals surface area contributed by atoms with Gasteiger partial charge in [0.2, 0.25) is 4.77 Å². The van der Waals surface area contributed by atoms with Crippen molar-refractivity contribution in [1.82, 2.24) is 19.2 Å². The second-order valence-corrected chi connectivity index (χ2v) is 8.62. The second-order valence-electron chi connectivity index (χ2n) is 8.26. The molecule has 1 aliphatic rings. The molecule has 156 valence electrons. The zero-order chi connectivity index (χ0) is 21.2. The number of hydrogen-bond donors (Lipinski definition) is 0. The first-order valence-corrected chi connectivity index (χ1v) is 11.2. The van der Waals surface area contributed by atoms with Crippen molar-refractivity contribution >= 4 is 12.2 Å². The van der Waals surface area contributed by atoms with Crippen molar-refractivity contribution in [3.63, 3.8) is 0 Å². The Hall–Kier alpha value is -3.02. The maximum atomic E-state index is 5.91. The number of likely N-dealkylation sites (tertiary alicyclic amines) is 1. The van der Waals surface area contributed by atoms with Crippen molar-refractivity contribution in [3.05, 3.63) is 101 Å². The van der Waals surface area contributed by atoms with Crippen LogP contribution in [-0.4, -0.2) is 32.3 Å². The summed E-state index contributed by atoms with van der Waals surface area (Å²) in [6.45, 7) is 4.90. The molecule has 0 N–H and O–H groups in total. The van der Waals surface area contributed by atoms with Crippen molar-refractivity contribution < 1.29 is 0 Å². The molecule has 1 saturated heterocycles. The van der Waals surface area contributed by atoms with Gasteiger partial charge < -0.3 is 0 Å². The Labute approximate surface area is 188 Å². The van der Waals surface area contributed by atoms with Crippen LogP contribution in [0.25, 0.3) is 17.1 Å². The molecular weight excluding hydrogens is 400 g/mol. The first-order chi connectivity index (χ1) is 15.2. The topological polar surface area (TPSA) is 26.0 Å². The van der Waals surface area contributed by atoms with Gasteiger partial charge in [-0.05, 0) is 49.2 Å².